The van der Waals surface area contributed by atoms with Crippen LogP contribution in [-0.2, 0) is 4.74 Å². The fraction of sp³-hybridized carbons (Fsp3) is 0.476. The van der Waals surface area contributed by atoms with E-state index in [0.717, 1.165) is 29.7 Å². The molecule has 4 rings (SSSR count). The highest BCUT2D eigenvalue weighted by Crippen LogP contribution is 2.46. The van der Waals surface area contributed by atoms with Gasteiger partial charge in [-0.1, -0.05) is 11.6 Å². The summed E-state index contributed by atoms with van der Waals surface area (Å²) >= 11 is 6.05. The van der Waals surface area contributed by atoms with Crippen molar-refractivity contribution in [3.8, 4) is 5.75 Å². The number of aromatic carboxylic acids is 1. The summed E-state index contributed by atoms with van der Waals surface area (Å²) < 4.78 is 17.2. The molecule has 6 nitrogen and oxygen atoms in total. The minimum absolute atomic E-state index is 0.000800. The molecule has 1 saturated carbocycles. The Hall–Kier alpha value is -2.02. The predicted molar refractivity (Wildman–Crippen MR) is 102 cm³/mol. The molecule has 1 aromatic heterocycles. The second-order valence-electron chi connectivity index (χ2n) is 7.64. The number of fused-ring (bicyclic) bond motifs is 1. The van der Waals surface area contributed by atoms with Gasteiger partial charge < -0.3 is 24.1 Å². The Kier molecular flexibility index (Phi) is 5.36. The van der Waals surface area contributed by atoms with E-state index in [1.807, 2.05) is 25.1 Å². The standard InChI is InChI=1S/C21H23ClO6/c1-11-6-13(2-4-16(11)22)26-10-15-14-3-5-18(28-19(14)8-17(15)23)12-7-20(21(24)25)27-9-12/h2,4,6-7,9,14-15,17-19,23H,3,5,8,10H2,1H3,(H,24,25)/t14-,15?,17-,18-,19+/m1/s1. The Morgan fingerprint density at radius 1 is 1.32 bits per heavy atom. The Balaban J connectivity index is 1.39. The summed E-state index contributed by atoms with van der Waals surface area (Å²) in [6.07, 6.45) is 2.88. The van der Waals surface area contributed by atoms with Crippen LogP contribution < -0.4 is 4.74 Å². The molecule has 2 N–H and O–H groups in total. The Labute approximate surface area is 168 Å². The number of carboxylic acids is 1. The van der Waals surface area contributed by atoms with Gasteiger partial charge in [-0.15, -0.1) is 0 Å². The summed E-state index contributed by atoms with van der Waals surface area (Å²) in [7, 11) is 0. The number of hydrogen-bond donors (Lipinski definition) is 2. The lowest BCUT2D eigenvalue weighted by atomic mass is 9.86. The van der Waals surface area contributed by atoms with Crippen LogP contribution >= 0.6 is 11.6 Å². The second-order valence-corrected chi connectivity index (χ2v) is 8.05. The van der Waals surface area contributed by atoms with Crippen molar-refractivity contribution in [2.24, 2.45) is 11.8 Å². The summed E-state index contributed by atoms with van der Waals surface area (Å²) in [6, 6.07) is 7.06. The number of furan rings is 1. The van der Waals surface area contributed by atoms with E-state index in [9.17, 15) is 9.90 Å². The molecular weight excluding hydrogens is 384 g/mol. The van der Waals surface area contributed by atoms with Gasteiger partial charge in [-0.05, 0) is 55.5 Å². The summed E-state index contributed by atoms with van der Waals surface area (Å²) in [6.45, 7) is 2.35. The number of halogens is 1. The zero-order chi connectivity index (χ0) is 19.8. The molecular formula is C21H23ClO6. The van der Waals surface area contributed by atoms with Crippen LogP contribution in [0.25, 0.3) is 0 Å². The van der Waals surface area contributed by atoms with Crippen molar-refractivity contribution in [1.29, 1.82) is 0 Å². The summed E-state index contributed by atoms with van der Waals surface area (Å²) in [5, 5.41) is 20.3. The average Bonchev–Trinajstić information content (AvgIpc) is 3.27. The van der Waals surface area contributed by atoms with E-state index >= 15 is 0 Å². The van der Waals surface area contributed by atoms with Crippen molar-refractivity contribution in [3.63, 3.8) is 0 Å². The SMILES string of the molecule is Cc1cc(OCC2[C@H](O)C[C@@H]3O[C@@H](c4coc(C(=O)O)c4)CC[C@H]23)ccc1Cl. The van der Waals surface area contributed by atoms with E-state index in [2.05, 4.69) is 0 Å². The van der Waals surface area contributed by atoms with Gasteiger partial charge in [-0.3, -0.25) is 0 Å². The van der Waals surface area contributed by atoms with Gasteiger partial charge >= 0.3 is 5.97 Å². The third kappa shape index (κ3) is 3.77. The molecule has 2 fully saturated rings. The van der Waals surface area contributed by atoms with E-state index < -0.39 is 12.1 Å². The van der Waals surface area contributed by atoms with Crippen LogP contribution in [0, 0.1) is 18.8 Å². The number of rotatable bonds is 5. The average molecular weight is 407 g/mol. The van der Waals surface area contributed by atoms with Crippen LogP contribution in [0.2, 0.25) is 5.02 Å². The highest BCUT2D eigenvalue weighted by atomic mass is 35.5. The van der Waals surface area contributed by atoms with Gasteiger partial charge in [0.15, 0.2) is 0 Å². The van der Waals surface area contributed by atoms with Gasteiger partial charge in [0, 0.05) is 22.9 Å². The maximum absolute atomic E-state index is 11.0. The van der Waals surface area contributed by atoms with Crippen LogP contribution in [0.5, 0.6) is 5.75 Å². The first-order valence-electron chi connectivity index (χ1n) is 9.46. The van der Waals surface area contributed by atoms with Crippen LogP contribution in [-0.4, -0.2) is 35.0 Å². The normalized spacial score (nSPS) is 29.5. The predicted octanol–water partition coefficient (Wildman–Crippen LogP) is 4.24. The van der Waals surface area contributed by atoms with Crippen LogP contribution in [0.3, 0.4) is 0 Å². The molecule has 150 valence electrons. The number of aliphatic hydroxyl groups excluding tert-OH is 1. The Bertz CT molecular complexity index is 862. The van der Waals surface area contributed by atoms with Gasteiger partial charge in [0.05, 0.1) is 31.2 Å². The van der Waals surface area contributed by atoms with Crippen molar-refractivity contribution in [1.82, 2.24) is 0 Å². The highest BCUT2D eigenvalue weighted by Gasteiger charge is 2.47. The van der Waals surface area contributed by atoms with Crippen LogP contribution in [0.1, 0.15) is 47.0 Å². The van der Waals surface area contributed by atoms with Gasteiger partial charge in [0.2, 0.25) is 5.76 Å². The molecule has 2 aromatic rings. The molecule has 0 spiro atoms. The first-order valence-corrected chi connectivity index (χ1v) is 9.84. The number of ether oxygens (including phenoxy) is 2. The number of carbonyl (C=O) groups is 1. The quantitative estimate of drug-likeness (QED) is 0.772. The van der Waals surface area contributed by atoms with Gasteiger partial charge in [0.1, 0.15) is 5.75 Å². The Morgan fingerprint density at radius 2 is 2.14 bits per heavy atom. The maximum atomic E-state index is 11.0. The minimum Gasteiger partial charge on any atom is -0.493 e. The second kappa shape index (κ2) is 7.78. The first kappa shape index (κ1) is 19.3. The van der Waals surface area contributed by atoms with Crippen LogP contribution in [0.4, 0.5) is 0 Å². The lowest BCUT2D eigenvalue weighted by Crippen LogP contribution is -2.33. The van der Waals surface area contributed by atoms with Crippen molar-refractivity contribution in [2.45, 2.75) is 44.5 Å². The number of aryl methyl sites for hydroxylation is 1. The fourth-order valence-electron chi connectivity index (χ4n) is 4.34. The summed E-state index contributed by atoms with van der Waals surface area (Å²) in [5.41, 5.74) is 1.69. The summed E-state index contributed by atoms with van der Waals surface area (Å²) in [5.74, 6) is -0.222. The van der Waals surface area contributed by atoms with Crippen molar-refractivity contribution in [3.05, 3.63) is 52.4 Å². The number of carboxylic acid groups (broad SMARTS) is 1. The number of benzene rings is 1. The van der Waals surface area contributed by atoms with Gasteiger partial charge in [0.25, 0.3) is 0 Å². The van der Waals surface area contributed by atoms with Gasteiger partial charge in [-0.25, -0.2) is 4.79 Å². The summed E-state index contributed by atoms with van der Waals surface area (Å²) in [4.78, 5) is 11.0. The molecule has 1 aliphatic heterocycles. The number of aliphatic hydroxyl groups is 1. The molecule has 1 unspecified atom stereocenters. The van der Waals surface area contributed by atoms with Crippen molar-refractivity contribution >= 4 is 17.6 Å². The third-order valence-electron chi connectivity index (χ3n) is 5.87. The molecule has 0 amide bonds. The van der Waals surface area contributed by atoms with E-state index in [1.165, 1.54) is 12.3 Å². The molecule has 1 aromatic carbocycles. The zero-order valence-electron chi connectivity index (χ0n) is 15.5. The molecule has 7 heteroatoms. The van der Waals surface area contributed by atoms with Crippen molar-refractivity contribution < 1.29 is 28.9 Å². The molecule has 28 heavy (non-hydrogen) atoms. The molecule has 2 heterocycles. The fourth-order valence-corrected chi connectivity index (χ4v) is 4.46. The largest absolute Gasteiger partial charge is 0.493 e. The molecule has 5 atom stereocenters. The third-order valence-corrected chi connectivity index (χ3v) is 6.30. The van der Waals surface area contributed by atoms with Crippen LogP contribution in [0.15, 0.2) is 34.9 Å². The first-order chi connectivity index (χ1) is 13.4. The van der Waals surface area contributed by atoms with E-state index in [-0.39, 0.29) is 29.8 Å². The molecule has 1 aliphatic carbocycles. The number of hydrogen-bond acceptors (Lipinski definition) is 5. The topological polar surface area (TPSA) is 89.1 Å². The lowest BCUT2D eigenvalue weighted by Gasteiger charge is -2.34. The molecule has 1 saturated heterocycles. The minimum atomic E-state index is -1.09. The monoisotopic (exact) mass is 406 g/mol. The van der Waals surface area contributed by atoms with Gasteiger partial charge in [-0.2, -0.15) is 0 Å². The molecule has 2 aliphatic rings. The van der Waals surface area contributed by atoms with E-state index in [0.29, 0.717) is 18.1 Å². The zero-order valence-corrected chi connectivity index (χ0v) is 16.3. The highest BCUT2D eigenvalue weighted by molar-refractivity contribution is 6.31. The molecule has 0 bridgehead atoms. The smallest absolute Gasteiger partial charge is 0.371 e. The van der Waals surface area contributed by atoms with E-state index in [1.54, 1.807) is 0 Å². The van der Waals surface area contributed by atoms with Crippen molar-refractivity contribution in [2.75, 3.05) is 6.61 Å². The maximum Gasteiger partial charge on any atom is 0.371 e. The van der Waals surface area contributed by atoms with E-state index in [4.69, 9.17) is 30.6 Å². The molecule has 0 radical (unpaired) electrons. The lowest BCUT2D eigenvalue weighted by molar-refractivity contribution is -0.0813. The Morgan fingerprint density at radius 3 is 2.86 bits per heavy atom.